The van der Waals surface area contributed by atoms with E-state index in [9.17, 15) is 14.7 Å². The number of aliphatic hydroxyl groups is 1. The molecule has 1 fully saturated rings. The number of nitrogens with zero attached hydrogens (tertiary/aromatic N) is 3. The minimum absolute atomic E-state index is 0.0137. The number of hydrogen-bond donors (Lipinski definition) is 1. The molecular formula is C33H31N3O6S2. The summed E-state index contributed by atoms with van der Waals surface area (Å²) in [5.74, 6) is 0.493. The maximum atomic E-state index is 13.7. The van der Waals surface area contributed by atoms with Gasteiger partial charge in [0.2, 0.25) is 5.13 Å². The van der Waals surface area contributed by atoms with Gasteiger partial charge in [-0.25, -0.2) is 0 Å². The molecule has 0 spiro atoms. The number of benzene rings is 3. The lowest BCUT2D eigenvalue weighted by Gasteiger charge is -2.23. The van der Waals surface area contributed by atoms with E-state index in [-0.39, 0.29) is 22.6 Å². The lowest BCUT2D eigenvalue weighted by atomic mass is 9.94. The summed E-state index contributed by atoms with van der Waals surface area (Å²) in [6, 6.07) is 17.7. The first kappa shape index (κ1) is 29.7. The SMILES string of the molecule is CCOc1ccc(C2/C(=C(\O)c3ccc4c(c3)CC(C)O4)C(=O)C(=O)N2c2nnc(SCc3ccc(C)cc3)s2)cc1OC. The van der Waals surface area contributed by atoms with Gasteiger partial charge in [0.15, 0.2) is 15.8 Å². The molecule has 2 aliphatic rings. The first-order chi connectivity index (χ1) is 21.3. The number of hydrogen-bond acceptors (Lipinski definition) is 10. The Kier molecular flexibility index (Phi) is 8.33. The molecule has 0 bridgehead atoms. The number of rotatable bonds is 9. The van der Waals surface area contributed by atoms with Crippen molar-refractivity contribution in [2.75, 3.05) is 18.6 Å². The van der Waals surface area contributed by atoms with Crippen LogP contribution in [0.15, 0.2) is 70.6 Å². The number of carbonyl (C=O) groups is 2. The van der Waals surface area contributed by atoms with Gasteiger partial charge in [-0.2, -0.15) is 0 Å². The summed E-state index contributed by atoms with van der Waals surface area (Å²) >= 11 is 2.72. The lowest BCUT2D eigenvalue weighted by Crippen LogP contribution is -2.29. The number of aryl methyl sites for hydroxylation is 1. The molecule has 44 heavy (non-hydrogen) atoms. The molecule has 2 unspecified atom stereocenters. The van der Waals surface area contributed by atoms with E-state index in [2.05, 4.69) is 34.5 Å². The second-order valence-electron chi connectivity index (χ2n) is 10.6. The number of ether oxygens (including phenoxy) is 3. The molecule has 4 aromatic rings. The number of methoxy groups -OCH3 is 1. The lowest BCUT2D eigenvalue weighted by molar-refractivity contribution is -0.132. The summed E-state index contributed by atoms with van der Waals surface area (Å²) in [4.78, 5) is 28.7. The number of carbonyl (C=O) groups excluding carboxylic acids is 2. The van der Waals surface area contributed by atoms with Gasteiger partial charge >= 0.3 is 5.91 Å². The highest BCUT2D eigenvalue weighted by Gasteiger charge is 2.48. The van der Waals surface area contributed by atoms with Crippen molar-refractivity contribution in [3.8, 4) is 17.2 Å². The van der Waals surface area contributed by atoms with Crippen LogP contribution in [0.5, 0.6) is 17.2 Å². The molecular weight excluding hydrogens is 599 g/mol. The maximum absolute atomic E-state index is 13.7. The molecule has 2 atom stereocenters. The molecule has 0 aliphatic carbocycles. The summed E-state index contributed by atoms with van der Waals surface area (Å²) in [5.41, 5.74) is 4.17. The van der Waals surface area contributed by atoms with Crippen LogP contribution in [0.4, 0.5) is 5.13 Å². The second kappa shape index (κ2) is 12.3. The largest absolute Gasteiger partial charge is 0.507 e. The highest BCUT2D eigenvalue weighted by molar-refractivity contribution is 8.00. The Morgan fingerprint density at radius 3 is 2.64 bits per heavy atom. The number of aromatic nitrogens is 2. The minimum atomic E-state index is -0.981. The van der Waals surface area contributed by atoms with Crippen LogP contribution in [0.1, 0.15) is 47.7 Å². The predicted molar refractivity (Wildman–Crippen MR) is 170 cm³/mol. The molecule has 11 heteroatoms. The fourth-order valence-electron chi connectivity index (χ4n) is 5.39. The van der Waals surface area contributed by atoms with Crippen LogP contribution in [-0.4, -0.2) is 46.8 Å². The zero-order valence-electron chi connectivity index (χ0n) is 24.7. The fourth-order valence-corrected chi connectivity index (χ4v) is 7.21. The van der Waals surface area contributed by atoms with Crippen LogP contribution < -0.4 is 19.1 Å². The Morgan fingerprint density at radius 1 is 1.09 bits per heavy atom. The van der Waals surface area contributed by atoms with Crippen LogP contribution in [0, 0.1) is 6.92 Å². The highest BCUT2D eigenvalue weighted by Crippen LogP contribution is 2.46. The van der Waals surface area contributed by atoms with E-state index in [1.807, 2.05) is 26.8 Å². The normalized spacial score (nSPS) is 18.8. The van der Waals surface area contributed by atoms with Crippen LogP contribution in [0.2, 0.25) is 0 Å². The number of amides is 1. The van der Waals surface area contributed by atoms with E-state index >= 15 is 0 Å². The van der Waals surface area contributed by atoms with E-state index in [0.29, 0.717) is 45.7 Å². The van der Waals surface area contributed by atoms with Crippen LogP contribution >= 0.6 is 23.1 Å². The highest BCUT2D eigenvalue weighted by atomic mass is 32.2. The number of Topliss-reactive ketones (excluding diaryl/α,β-unsaturated/α-hetero) is 1. The molecule has 1 saturated heterocycles. The summed E-state index contributed by atoms with van der Waals surface area (Å²) in [6.45, 7) is 6.31. The van der Waals surface area contributed by atoms with Crippen LogP contribution in [0.25, 0.3) is 5.76 Å². The standard InChI is InChI=1S/C33H31N3O6S2/c1-5-41-25-13-10-21(16-26(25)40-4)28-27(29(37)22-11-12-24-23(15-22)14-19(3)42-24)30(38)31(39)36(28)32-34-35-33(44-32)43-17-20-8-6-18(2)7-9-20/h6-13,15-16,19,28,37H,5,14,17H2,1-4H3/b29-27+. The molecule has 2 aliphatic heterocycles. The van der Waals surface area contributed by atoms with Gasteiger partial charge in [-0.05, 0) is 67.8 Å². The topological polar surface area (TPSA) is 111 Å². The number of fused-ring (bicyclic) bond motifs is 1. The second-order valence-corrected chi connectivity index (χ2v) is 12.8. The molecule has 3 heterocycles. The van der Waals surface area contributed by atoms with E-state index < -0.39 is 17.7 Å². The van der Waals surface area contributed by atoms with Crippen LogP contribution in [0.3, 0.4) is 0 Å². The Labute approximate surface area is 263 Å². The number of ketones is 1. The first-order valence-electron chi connectivity index (χ1n) is 14.2. The fraction of sp³-hybridized carbons (Fsp3) is 0.273. The monoisotopic (exact) mass is 629 g/mol. The molecule has 9 nitrogen and oxygen atoms in total. The van der Waals surface area contributed by atoms with Crippen molar-refractivity contribution in [1.82, 2.24) is 10.2 Å². The molecule has 3 aromatic carbocycles. The number of thioether (sulfide) groups is 1. The van der Waals surface area contributed by atoms with Gasteiger partial charge in [-0.15, -0.1) is 10.2 Å². The van der Waals surface area contributed by atoms with Gasteiger partial charge < -0.3 is 19.3 Å². The van der Waals surface area contributed by atoms with Gasteiger partial charge in [0.05, 0.1) is 25.3 Å². The summed E-state index contributed by atoms with van der Waals surface area (Å²) in [6.07, 6.45) is 0.692. The van der Waals surface area contributed by atoms with E-state index in [0.717, 1.165) is 16.9 Å². The molecule has 6 rings (SSSR count). The molecule has 1 amide bonds. The van der Waals surface area contributed by atoms with Gasteiger partial charge in [-0.3, -0.25) is 14.5 Å². The van der Waals surface area contributed by atoms with Gasteiger partial charge in [0, 0.05) is 17.7 Å². The quantitative estimate of drug-likeness (QED) is 0.0730. The third-order valence-corrected chi connectivity index (χ3v) is 9.63. The van der Waals surface area contributed by atoms with Crippen molar-refractivity contribution in [1.29, 1.82) is 0 Å². The third kappa shape index (κ3) is 5.65. The zero-order valence-corrected chi connectivity index (χ0v) is 26.3. The Bertz CT molecular complexity index is 1770. The third-order valence-electron chi connectivity index (χ3n) is 7.50. The maximum Gasteiger partial charge on any atom is 0.301 e. The minimum Gasteiger partial charge on any atom is -0.507 e. The van der Waals surface area contributed by atoms with Gasteiger partial charge in [0.1, 0.15) is 17.6 Å². The smallest absolute Gasteiger partial charge is 0.301 e. The summed E-state index contributed by atoms with van der Waals surface area (Å²) in [7, 11) is 1.52. The van der Waals surface area contributed by atoms with Crippen molar-refractivity contribution < 1.29 is 28.9 Å². The Morgan fingerprint density at radius 2 is 1.89 bits per heavy atom. The van der Waals surface area contributed by atoms with Crippen molar-refractivity contribution in [3.63, 3.8) is 0 Å². The molecule has 1 N–H and O–H groups in total. The zero-order chi connectivity index (χ0) is 31.0. The average molecular weight is 630 g/mol. The summed E-state index contributed by atoms with van der Waals surface area (Å²) < 4.78 is 17.7. The first-order valence-corrected chi connectivity index (χ1v) is 16.0. The number of aliphatic hydroxyl groups excluding tert-OH is 1. The average Bonchev–Trinajstić information content (AvgIpc) is 3.71. The number of anilines is 1. The van der Waals surface area contributed by atoms with Crippen molar-refractivity contribution >= 4 is 45.7 Å². The van der Waals surface area contributed by atoms with Crippen molar-refractivity contribution in [2.45, 2.75) is 49.4 Å². The Balaban J connectivity index is 1.41. The van der Waals surface area contributed by atoms with Crippen molar-refractivity contribution in [2.24, 2.45) is 0 Å². The van der Waals surface area contributed by atoms with Gasteiger partial charge in [-0.1, -0.05) is 59.0 Å². The van der Waals surface area contributed by atoms with E-state index in [1.54, 1.807) is 30.3 Å². The molecule has 226 valence electrons. The van der Waals surface area contributed by atoms with Gasteiger partial charge in [0.25, 0.3) is 5.78 Å². The molecule has 1 aromatic heterocycles. The van der Waals surface area contributed by atoms with Crippen molar-refractivity contribution in [3.05, 3.63) is 94.1 Å². The predicted octanol–water partition coefficient (Wildman–Crippen LogP) is 6.50. The van der Waals surface area contributed by atoms with E-state index in [1.165, 1.54) is 40.7 Å². The summed E-state index contributed by atoms with van der Waals surface area (Å²) in [5, 5.41) is 20.5. The molecule has 0 radical (unpaired) electrons. The molecule has 0 saturated carbocycles. The van der Waals surface area contributed by atoms with Crippen LogP contribution in [-0.2, 0) is 21.8 Å². The Hall–Kier alpha value is -4.35. The van der Waals surface area contributed by atoms with E-state index in [4.69, 9.17) is 14.2 Å².